The number of aromatic hydroxyl groups is 1. The van der Waals surface area contributed by atoms with Gasteiger partial charge in [0.15, 0.2) is 0 Å². The van der Waals surface area contributed by atoms with Gasteiger partial charge < -0.3 is 0 Å². The van der Waals surface area contributed by atoms with E-state index in [0.29, 0.717) is 33.5 Å². The van der Waals surface area contributed by atoms with Crippen LogP contribution in [0.4, 0.5) is 0 Å². The van der Waals surface area contributed by atoms with Crippen LogP contribution in [0.5, 0.6) is 5.75 Å². The Bertz CT molecular complexity index is 258. The number of hydrogen-bond donors (Lipinski definition) is 1. The normalized spacial score (nSPS) is 9.40. The maximum atomic E-state index is 10.8. The van der Waals surface area contributed by atoms with Gasteiger partial charge in [-0.3, -0.25) is 0 Å². The summed E-state index contributed by atoms with van der Waals surface area (Å²) in [5.74, 6) is 0.0856. The number of phenols is 1. The predicted octanol–water partition coefficient (Wildman–Crippen LogP) is 0.701. The summed E-state index contributed by atoms with van der Waals surface area (Å²) in [7, 11) is 0. The first-order valence-corrected chi connectivity index (χ1v) is 4.01. The van der Waals surface area contributed by atoms with Crippen LogP contribution in [0, 0.1) is 0 Å². The van der Waals surface area contributed by atoms with Crippen molar-refractivity contribution in [3.8, 4) is 5.75 Å². The molecule has 0 fully saturated rings. The van der Waals surface area contributed by atoms with Crippen LogP contribution in [0.15, 0.2) is 24.3 Å². The summed E-state index contributed by atoms with van der Waals surface area (Å²) >= 11 is 0.456. The van der Waals surface area contributed by atoms with Gasteiger partial charge in [0, 0.05) is 0 Å². The van der Waals surface area contributed by atoms with E-state index in [4.69, 9.17) is 5.11 Å². The van der Waals surface area contributed by atoms with Crippen molar-refractivity contribution in [3.63, 3.8) is 0 Å². The van der Waals surface area contributed by atoms with Crippen molar-refractivity contribution < 1.29 is 9.90 Å². The summed E-state index contributed by atoms with van der Waals surface area (Å²) in [4.78, 5) is 10.8. The molecule has 0 aliphatic heterocycles. The molecular formula is C7H5NaO2. The van der Waals surface area contributed by atoms with Crippen molar-refractivity contribution in [1.82, 2.24) is 0 Å². The Morgan fingerprint density at radius 2 is 2.00 bits per heavy atom. The van der Waals surface area contributed by atoms with Crippen molar-refractivity contribution in [1.29, 1.82) is 0 Å². The summed E-state index contributed by atoms with van der Waals surface area (Å²) in [6, 6.07) is 6.59. The number of rotatable bonds is 1. The third-order valence-corrected chi connectivity index (χ3v) is 1.82. The molecule has 0 saturated heterocycles. The van der Waals surface area contributed by atoms with Gasteiger partial charge in [0.1, 0.15) is 0 Å². The van der Waals surface area contributed by atoms with E-state index < -0.39 is 0 Å². The summed E-state index contributed by atoms with van der Waals surface area (Å²) in [6.45, 7) is 0. The standard InChI is InChI=1S/C7H5O2.Na/c8-5-6-3-1-2-4-7(6)9;/h1-4,9H;. The number of phenolic OH excluding ortho intramolecular Hbond substituents is 1. The zero-order valence-corrected chi connectivity index (χ0v) is 7.66. The first-order chi connectivity index (χ1) is 4.72. The van der Waals surface area contributed by atoms with Crippen LogP contribution in [0.3, 0.4) is 0 Å². The number of carbonyl (C=O) groups excluding carboxylic acids is 1. The second-order valence-electron chi connectivity index (χ2n) is 2.07. The van der Waals surface area contributed by atoms with Gasteiger partial charge in [0.05, 0.1) is 0 Å². The molecule has 0 saturated carbocycles. The molecule has 0 spiro atoms. The topological polar surface area (TPSA) is 37.3 Å². The molecule has 1 aromatic carbocycles. The Balaban J connectivity index is 3.15. The zero-order chi connectivity index (χ0) is 7.56. The van der Waals surface area contributed by atoms with Gasteiger partial charge in [-0.15, -0.1) is 0 Å². The van der Waals surface area contributed by atoms with Crippen LogP contribution in [-0.2, 0) is 0 Å². The van der Waals surface area contributed by atoms with E-state index in [-0.39, 0.29) is 8.78 Å². The predicted molar refractivity (Wildman–Crippen MR) is 38.2 cm³/mol. The molecule has 2 nitrogen and oxygen atoms in total. The van der Waals surface area contributed by atoms with E-state index >= 15 is 0 Å². The molecule has 0 unspecified atom stereocenters. The molecule has 0 heterocycles. The van der Waals surface area contributed by atoms with Crippen molar-refractivity contribution in [3.05, 3.63) is 29.8 Å². The molecule has 1 rings (SSSR count). The number of carbonyl (C=O) groups is 1. The fourth-order valence-electron chi connectivity index (χ4n) is 0.771. The Hall–Kier alpha value is -0.310. The van der Waals surface area contributed by atoms with Crippen LogP contribution in [0.2, 0.25) is 0 Å². The molecule has 0 aromatic heterocycles. The monoisotopic (exact) mass is 144 g/mol. The van der Waals surface area contributed by atoms with E-state index in [1.165, 1.54) is 6.07 Å². The van der Waals surface area contributed by atoms with Crippen LogP contribution < -0.4 is 0 Å². The van der Waals surface area contributed by atoms with E-state index in [9.17, 15) is 4.79 Å². The van der Waals surface area contributed by atoms with Gasteiger partial charge in [0.2, 0.25) is 0 Å². The molecule has 1 N–H and O–H groups in total. The van der Waals surface area contributed by atoms with E-state index in [1.54, 1.807) is 18.2 Å². The summed E-state index contributed by atoms with van der Waals surface area (Å²) in [5, 5.41) is 9.08. The third kappa shape index (κ3) is 1.59. The van der Waals surface area contributed by atoms with E-state index in [1.807, 2.05) is 0 Å². The molecule has 0 aliphatic carbocycles. The molecule has 0 bridgehead atoms. The molecular weight excluding hydrogens is 139 g/mol. The number of benzene rings is 1. The fourth-order valence-corrected chi connectivity index (χ4v) is 1.19. The van der Waals surface area contributed by atoms with Crippen molar-refractivity contribution in [2.45, 2.75) is 0 Å². The summed E-state index contributed by atoms with van der Waals surface area (Å²) < 4.78 is 0.0260. The van der Waals surface area contributed by atoms with Crippen molar-refractivity contribution >= 4 is 31.0 Å². The quantitative estimate of drug-likeness (QED) is 0.589. The Labute approximate surface area is 76.3 Å². The second-order valence-corrected chi connectivity index (χ2v) is 2.98. The van der Waals surface area contributed by atoms with Gasteiger partial charge in [-0.1, -0.05) is 0 Å². The van der Waals surface area contributed by atoms with Gasteiger partial charge in [-0.25, -0.2) is 0 Å². The minimum atomic E-state index is 0.0260. The van der Waals surface area contributed by atoms with Crippen LogP contribution in [0.25, 0.3) is 0 Å². The van der Waals surface area contributed by atoms with Crippen LogP contribution in [-0.4, -0.2) is 36.1 Å². The summed E-state index contributed by atoms with van der Waals surface area (Å²) in [6.07, 6.45) is 0. The number of para-hydroxylation sites is 1. The average Bonchev–Trinajstić information content (AvgIpc) is 1.88. The molecule has 0 amide bonds. The zero-order valence-electron chi connectivity index (χ0n) is 5.66. The van der Waals surface area contributed by atoms with Gasteiger partial charge in [-0.2, -0.15) is 0 Å². The molecule has 0 atom stereocenters. The first-order valence-electron chi connectivity index (χ1n) is 3.01. The first kappa shape index (κ1) is 7.79. The van der Waals surface area contributed by atoms with E-state index in [2.05, 4.69) is 0 Å². The Morgan fingerprint density at radius 3 is 2.40 bits per heavy atom. The molecule has 3 heteroatoms. The molecule has 46 valence electrons. The van der Waals surface area contributed by atoms with Gasteiger partial charge in [-0.05, 0) is 0 Å². The van der Waals surface area contributed by atoms with Gasteiger partial charge >= 0.3 is 76.4 Å². The maximum absolute atomic E-state index is 10.8. The van der Waals surface area contributed by atoms with Crippen molar-refractivity contribution in [2.24, 2.45) is 0 Å². The number of hydrogen-bond acceptors (Lipinski definition) is 2. The second kappa shape index (κ2) is 3.19. The minimum absolute atomic E-state index is 0.0260. The van der Waals surface area contributed by atoms with Crippen molar-refractivity contribution in [2.75, 3.05) is 0 Å². The summed E-state index contributed by atoms with van der Waals surface area (Å²) in [5.41, 5.74) is 0.439. The average molecular weight is 144 g/mol. The molecule has 0 radical (unpaired) electrons. The SMILES string of the molecule is O=[C]([Na])c1ccccc1O. The van der Waals surface area contributed by atoms with Crippen LogP contribution >= 0.6 is 0 Å². The molecule has 0 aliphatic rings. The Morgan fingerprint density at radius 1 is 1.40 bits per heavy atom. The fraction of sp³-hybridized carbons (Fsp3) is 0. The van der Waals surface area contributed by atoms with Crippen LogP contribution in [0.1, 0.15) is 10.4 Å². The molecule has 1 aromatic rings. The van der Waals surface area contributed by atoms with Gasteiger partial charge in [0.25, 0.3) is 0 Å². The third-order valence-electron chi connectivity index (χ3n) is 1.28. The van der Waals surface area contributed by atoms with E-state index in [0.717, 1.165) is 0 Å². The Kier molecular flexibility index (Phi) is 2.49. The molecule has 10 heavy (non-hydrogen) atoms.